The molecule has 132 valence electrons. The van der Waals surface area contributed by atoms with Crippen LogP contribution < -0.4 is 0 Å². The summed E-state index contributed by atoms with van der Waals surface area (Å²) in [6.07, 6.45) is -5.56. The van der Waals surface area contributed by atoms with Crippen LogP contribution in [0, 0.1) is 0 Å². The van der Waals surface area contributed by atoms with E-state index in [1.807, 2.05) is 42.5 Å². The first kappa shape index (κ1) is 16.8. The summed E-state index contributed by atoms with van der Waals surface area (Å²) in [4.78, 5) is 5.32. The molecular formula is C17H17NO6S. The van der Waals surface area contributed by atoms with Crippen molar-refractivity contribution in [2.75, 3.05) is 6.61 Å². The molecule has 0 aromatic heterocycles. The van der Waals surface area contributed by atoms with Gasteiger partial charge in [-0.3, -0.25) is 0 Å². The Labute approximate surface area is 147 Å². The van der Waals surface area contributed by atoms with Crippen LogP contribution in [0.1, 0.15) is 5.56 Å². The number of thioether (sulfide) groups is 1. The van der Waals surface area contributed by atoms with Gasteiger partial charge in [-0.05, 0) is 28.6 Å². The maximum atomic E-state index is 10.3. The molecule has 0 amide bonds. The minimum atomic E-state index is -1.70. The highest BCUT2D eigenvalue weighted by molar-refractivity contribution is 8.15. The molecular weight excluding hydrogens is 346 g/mol. The van der Waals surface area contributed by atoms with E-state index >= 15 is 0 Å². The SMILES string of the molecule is OC[C@H]1O[C@]2(ON=C(c3ccc4ccccc4c3)S2)[C@H](O)[C@@H](O)[C@@H]1O. The molecule has 4 N–H and O–H groups in total. The fourth-order valence-electron chi connectivity index (χ4n) is 2.98. The zero-order chi connectivity index (χ0) is 17.6. The summed E-state index contributed by atoms with van der Waals surface area (Å²) >= 11 is 1.00. The molecule has 8 heteroatoms. The highest BCUT2D eigenvalue weighted by Gasteiger charge is 2.59. The molecule has 4 rings (SSSR count). The molecule has 2 aliphatic heterocycles. The third-order valence-electron chi connectivity index (χ3n) is 4.40. The van der Waals surface area contributed by atoms with Gasteiger partial charge in [0.1, 0.15) is 23.4 Å². The van der Waals surface area contributed by atoms with Gasteiger partial charge in [0.25, 0.3) is 0 Å². The number of hydrogen-bond acceptors (Lipinski definition) is 8. The molecule has 0 saturated carbocycles. The van der Waals surface area contributed by atoms with E-state index in [1.165, 1.54) is 0 Å². The smallest absolute Gasteiger partial charge is 0.320 e. The second-order valence-electron chi connectivity index (χ2n) is 6.02. The third-order valence-corrected chi connectivity index (χ3v) is 5.60. The monoisotopic (exact) mass is 363 g/mol. The second-order valence-corrected chi connectivity index (χ2v) is 7.18. The summed E-state index contributed by atoms with van der Waals surface area (Å²) in [6, 6.07) is 13.6. The van der Waals surface area contributed by atoms with Gasteiger partial charge < -0.3 is 30.0 Å². The third kappa shape index (κ3) is 2.71. The average Bonchev–Trinajstić information content (AvgIpc) is 3.08. The van der Waals surface area contributed by atoms with E-state index in [4.69, 9.17) is 9.57 Å². The van der Waals surface area contributed by atoms with Crippen LogP contribution in [0.25, 0.3) is 10.8 Å². The molecule has 25 heavy (non-hydrogen) atoms. The number of aliphatic hydroxyl groups excluding tert-OH is 4. The Hall–Kier alpha value is -1.68. The summed E-state index contributed by atoms with van der Waals surface area (Å²) in [5.41, 5.74) is 0.775. The van der Waals surface area contributed by atoms with Gasteiger partial charge in [0.05, 0.1) is 6.61 Å². The summed E-state index contributed by atoms with van der Waals surface area (Å²) in [5.74, 6) is 0. The summed E-state index contributed by atoms with van der Waals surface area (Å²) in [6.45, 7) is -0.526. The maximum Gasteiger partial charge on any atom is 0.320 e. The van der Waals surface area contributed by atoms with Crippen molar-refractivity contribution in [3.05, 3.63) is 48.0 Å². The van der Waals surface area contributed by atoms with E-state index in [-0.39, 0.29) is 0 Å². The normalized spacial score (nSPS) is 35.0. The lowest BCUT2D eigenvalue weighted by Gasteiger charge is -2.43. The van der Waals surface area contributed by atoms with Crippen molar-refractivity contribution < 1.29 is 30.0 Å². The molecule has 0 bridgehead atoms. The predicted octanol–water partition coefficient (Wildman–Crippen LogP) is 0.392. The Kier molecular flexibility index (Phi) is 4.19. The zero-order valence-corrected chi connectivity index (χ0v) is 13.8. The van der Waals surface area contributed by atoms with Gasteiger partial charge in [-0.2, -0.15) is 0 Å². The molecule has 0 radical (unpaired) electrons. The minimum absolute atomic E-state index is 0.477. The summed E-state index contributed by atoms with van der Waals surface area (Å²) in [5, 5.41) is 44.4. The van der Waals surface area contributed by atoms with Gasteiger partial charge in [0.15, 0.2) is 6.10 Å². The molecule has 2 heterocycles. The molecule has 2 aliphatic rings. The van der Waals surface area contributed by atoms with Crippen LogP contribution >= 0.6 is 11.8 Å². The van der Waals surface area contributed by atoms with Crippen molar-refractivity contribution in [2.24, 2.45) is 5.16 Å². The standard InChI is InChI=1S/C17H17NO6S/c19-8-12-13(20)14(21)15(22)17(23-12)24-18-16(25-17)11-6-5-9-3-1-2-4-10(9)7-11/h1-7,12-15,19-22H,8H2/t12-,13-,14+,15-,17+/m1/s1. The molecule has 1 fully saturated rings. The Bertz CT molecular complexity index is 828. The minimum Gasteiger partial charge on any atom is -0.394 e. The van der Waals surface area contributed by atoms with E-state index in [0.29, 0.717) is 5.04 Å². The van der Waals surface area contributed by atoms with Gasteiger partial charge in [-0.15, -0.1) is 0 Å². The number of nitrogens with zero attached hydrogens (tertiary/aromatic N) is 1. The lowest BCUT2D eigenvalue weighted by Crippen LogP contribution is -2.63. The quantitative estimate of drug-likeness (QED) is 0.611. The lowest BCUT2D eigenvalue weighted by molar-refractivity contribution is -0.318. The van der Waals surface area contributed by atoms with Crippen molar-refractivity contribution in [3.63, 3.8) is 0 Å². The highest BCUT2D eigenvalue weighted by Crippen LogP contribution is 2.45. The molecule has 5 atom stereocenters. The predicted molar refractivity (Wildman–Crippen MR) is 91.9 cm³/mol. The number of fused-ring (bicyclic) bond motifs is 1. The Balaban J connectivity index is 1.62. The first-order chi connectivity index (χ1) is 12.0. The van der Waals surface area contributed by atoms with Gasteiger partial charge in [-0.1, -0.05) is 41.6 Å². The highest BCUT2D eigenvalue weighted by atomic mass is 32.2. The molecule has 1 spiro atoms. The Morgan fingerprint density at radius 2 is 1.80 bits per heavy atom. The number of benzene rings is 2. The van der Waals surface area contributed by atoms with Crippen molar-refractivity contribution in [2.45, 2.75) is 29.5 Å². The van der Waals surface area contributed by atoms with Crippen LogP contribution in [0.4, 0.5) is 0 Å². The van der Waals surface area contributed by atoms with E-state index < -0.39 is 36.1 Å². The Morgan fingerprint density at radius 3 is 2.56 bits per heavy atom. The molecule has 0 aliphatic carbocycles. The lowest BCUT2D eigenvalue weighted by atomic mass is 9.99. The molecule has 0 unspecified atom stereocenters. The Morgan fingerprint density at radius 1 is 1.04 bits per heavy atom. The first-order valence-corrected chi connectivity index (χ1v) is 8.63. The molecule has 2 aromatic carbocycles. The van der Waals surface area contributed by atoms with E-state index in [9.17, 15) is 20.4 Å². The van der Waals surface area contributed by atoms with Crippen LogP contribution in [-0.2, 0) is 9.57 Å². The topological polar surface area (TPSA) is 112 Å². The van der Waals surface area contributed by atoms with Gasteiger partial charge in [-0.25, -0.2) is 0 Å². The van der Waals surface area contributed by atoms with Crippen LogP contribution in [0.2, 0.25) is 0 Å². The largest absolute Gasteiger partial charge is 0.394 e. The summed E-state index contributed by atoms with van der Waals surface area (Å²) < 4.78 is 5.53. The molecule has 1 saturated heterocycles. The maximum absolute atomic E-state index is 10.3. The van der Waals surface area contributed by atoms with Gasteiger partial charge >= 0.3 is 5.12 Å². The van der Waals surface area contributed by atoms with E-state index in [2.05, 4.69) is 5.16 Å². The number of hydrogen-bond donors (Lipinski definition) is 4. The van der Waals surface area contributed by atoms with Crippen LogP contribution in [-0.4, -0.2) is 61.6 Å². The van der Waals surface area contributed by atoms with Crippen molar-refractivity contribution >= 4 is 27.6 Å². The van der Waals surface area contributed by atoms with E-state index in [0.717, 1.165) is 28.1 Å². The first-order valence-electron chi connectivity index (χ1n) is 7.81. The number of aliphatic hydroxyl groups is 4. The second kappa shape index (κ2) is 6.24. The number of rotatable bonds is 2. The van der Waals surface area contributed by atoms with Crippen LogP contribution in [0.15, 0.2) is 47.6 Å². The van der Waals surface area contributed by atoms with Crippen molar-refractivity contribution in [1.82, 2.24) is 0 Å². The number of oxime groups is 1. The average molecular weight is 363 g/mol. The fourth-order valence-corrected chi connectivity index (χ4v) is 4.08. The van der Waals surface area contributed by atoms with E-state index in [1.54, 1.807) is 0 Å². The van der Waals surface area contributed by atoms with Gasteiger partial charge in [0.2, 0.25) is 0 Å². The zero-order valence-electron chi connectivity index (χ0n) is 13.0. The molecule has 7 nitrogen and oxygen atoms in total. The van der Waals surface area contributed by atoms with Crippen LogP contribution in [0.3, 0.4) is 0 Å². The van der Waals surface area contributed by atoms with Gasteiger partial charge in [0, 0.05) is 5.56 Å². The summed E-state index contributed by atoms with van der Waals surface area (Å²) in [7, 11) is 0. The van der Waals surface area contributed by atoms with Crippen molar-refractivity contribution in [3.8, 4) is 0 Å². The fraction of sp³-hybridized carbons (Fsp3) is 0.353. The molecule has 2 aromatic rings. The van der Waals surface area contributed by atoms with Crippen molar-refractivity contribution in [1.29, 1.82) is 0 Å². The van der Waals surface area contributed by atoms with Crippen LogP contribution in [0.5, 0.6) is 0 Å². The number of ether oxygens (including phenoxy) is 1.